The Labute approximate surface area is 152 Å². The normalized spacial score (nSPS) is 11.3. The van der Waals surface area contributed by atoms with Crippen molar-refractivity contribution < 1.29 is 13.2 Å². The molecule has 136 valence electrons. The number of hydrogen-bond donors (Lipinski definition) is 1. The van der Waals surface area contributed by atoms with Crippen molar-refractivity contribution in [3.63, 3.8) is 0 Å². The molecule has 0 radical (unpaired) electrons. The molecular formula is C19H14F3N5. The summed E-state index contributed by atoms with van der Waals surface area (Å²) >= 11 is 0. The molecule has 0 aliphatic rings. The summed E-state index contributed by atoms with van der Waals surface area (Å²) in [6, 6.07) is 11.0. The number of halogens is 3. The van der Waals surface area contributed by atoms with Crippen LogP contribution in [0.5, 0.6) is 0 Å². The van der Waals surface area contributed by atoms with Gasteiger partial charge < -0.3 is 5.73 Å². The van der Waals surface area contributed by atoms with Crippen molar-refractivity contribution >= 4 is 11.5 Å². The highest BCUT2D eigenvalue weighted by molar-refractivity contribution is 5.70. The van der Waals surface area contributed by atoms with E-state index in [1.807, 2.05) is 30.3 Å². The van der Waals surface area contributed by atoms with Crippen molar-refractivity contribution in [1.82, 2.24) is 19.6 Å². The van der Waals surface area contributed by atoms with E-state index in [0.29, 0.717) is 29.7 Å². The summed E-state index contributed by atoms with van der Waals surface area (Å²) < 4.78 is 42.8. The summed E-state index contributed by atoms with van der Waals surface area (Å²) in [6.07, 6.45) is 0.472. The molecule has 0 saturated heterocycles. The van der Waals surface area contributed by atoms with Crippen LogP contribution >= 0.6 is 0 Å². The van der Waals surface area contributed by atoms with Crippen LogP contribution in [-0.2, 0) is 6.42 Å². The van der Waals surface area contributed by atoms with Gasteiger partial charge in [0.05, 0.1) is 11.4 Å². The SMILES string of the molecule is Cc1c(-c2cc(F)cc(F)c2F)nc(N)c2nc(Cc3ccccc3)nn12. The summed E-state index contributed by atoms with van der Waals surface area (Å²) in [5.41, 5.74) is 7.32. The van der Waals surface area contributed by atoms with Crippen LogP contribution in [0.25, 0.3) is 16.9 Å². The highest BCUT2D eigenvalue weighted by atomic mass is 19.2. The van der Waals surface area contributed by atoms with Crippen LogP contribution in [0.3, 0.4) is 0 Å². The fraction of sp³-hybridized carbons (Fsp3) is 0.105. The van der Waals surface area contributed by atoms with Gasteiger partial charge in [0.15, 0.2) is 28.9 Å². The molecule has 4 aromatic rings. The molecule has 2 aromatic carbocycles. The topological polar surface area (TPSA) is 69.1 Å². The van der Waals surface area contributed by atoms with Crippen LogP contribution in [0.2, 0.25) is 0 Å². The van der Waals surface area contributed by atoms with E-state index in [2.05, 4.69) is 15.1 Å². The zero-order chi connectivity index (χ0) is 19.1. The van der Waals surface area contributed by atoms with Crippen LogP contribution < -0.4 is 5.73 Å². The molecule has 0 bridgehead atoms. The number of aryl methyl sites for hydroxylation is 1. The quantitative estimate of drug-likeness (QED) is 0.559. The van der Waals surface area contributed by atoms with Gasteiger partial charge in [-0.15, -0.1) is 0 Å². The van der Waals surface area contributed by atoms with Gasteiger partial charge in [-0.3, -0.25) is 0 Å². The number of fused-ring (bicyclic) bond motifs is 1. The van der Waals surface area contributed by atoms with E-state index in [0.717, 1.165) is 11.6 Å². The fourth-order valence-corrected chi connectivity index (χ4v) is 2.94. The number of aromatic nitrogens is 4. The number of hydrogen-bond acceptors (Lipinski definition) is 4. The van der Waals surface area contributed by atoms with Gasteiger partial charge in [-0.05, 0) is 18.6 Å². The number of benzene rings is 2. The number of nitrogen functional groups attached to an aromatic ring is 1. The number of nitrogens with zero attached hydrogens (tertiary/aromatic N) is 4. The summed E-state index contributed by atoms with van der Waals surface area (Å²) in [7, 11) is 0. The van der Waals surface area contributed by atoms with Gasteiger partial charge in [0.1, 0.15) is 5.82 Å². The first-order valence-electron chi connectivity index (χ1n) is 8.14. The lowest BCUT2D eigenvalue weighted by Crippen LogP contribution is -2.06. The molecule has 8 heteroatoms. The monoisotopic (exact) mass is 369 g/mol. The van der Waals surface area contributed by atoms with Gasteiger partial charge in [0.25, 0.3) is 0 Å². The predicted octanol–water partition coefficient (Wildman–Crippen LogP) is 3.69. The Balaban J connectivity index is 1.86. The summed E-state index contributed by atoms with van der Waals surface area (Å²) in [4.78, 5) is 8.50. The molecule has 0 atom stereocenters. The van der Waals surface area contributed by atoms with Crippen LogP contribution in [-0.4, -0.2) is 19.6 Å². The molecule has 27 heavy (non-hydrogen) atoms. The molecule has 0 fully saturated rings. The number of rotatable bonds is 3. The molecule has 2 N–H and O–H groups in total. The second-order valence-electron chi connectivity index (χ2n) is 6.11. The van der Waals surface area contributed by atoms with Gasteiger partial charge >= 0.3 is 0 Å². The Bertz CT molecular complexity index is 1160. The lowest BCUT2D eigenvalue weighted by molar-refractivity contribution is 0.497. The first kappa shape index (κ1) is 17.0. The molecule has 5 nitrogen and oxygen atoms in total. The zero-order valence-electron chi connectivity index (χ0n) is 14.2. The van der Waals surface area contributed by atoms with Crippen LogP contribution in [0.4, 0.5) is 19.0 Å². The Morgan fingerprint density at radius 2 is 1.78 bits per heavy atom. The third-order valence-electron chi connectivity index (χ3n) is 4.23. The van der Waals surface area contributed by atoms with Crippen molar-refractivity contribution in [3.8, 4) is 11.3 Å². The van der Waals surface area contributed by atoms with Crippen molar-refractivity contribution in [2.75, 3.05) is 5.73 Å². The van der Waals surface area contributed by atoms with Crippen LogP contribution in [0.1, 0.15) is 17.1 Å². The van der Waals surface area contributed by atoms with Gasteiger partial charge in [-0.2, -0.15) is 5.10 Å². The number of anilines is 1. The Morgan fingerprint density at radius 1 is 1.04 bits per heavy atom. The standard InChI is InChI=1S/C19H14F3N5/c1-10-17(13-8-12(20)9-14(21)16(13)22)25-18(23)19-24-15(26-27(10)19)7-11-5-3-2-4-6-11/h2-6,8-9H,7H2,1H3,(H2,23,25). The average molecular weight is 369 g/mol. The smallest absolute Gasteiger partial charge is 0.198 e. The Hall–Kier alpha value is -3.42. The van der Waals surface area contributed by atoms with Crippen LogP contribution in [0, 0.1) is 24.4 Å². The first-order valence-corrected chi connectivity index (χ1v) is 8.14. The van der Waals surface area contributed by atoms with Crippen molar-refractivity contribution in [2.24, 2.45) is 0 Å². The molecule has 0 aliphatic heterocycles. The molecule has 0 saturated carbocycles. The largest absolute Gasteiger partial charge is 0.381 e. The fourth-order valence-electron chi connectivity index (χ4n) is 2.94. The summed E-state index contributed by atoms with van der Waals surface area (Å²) in [5.74, 6) is -2.91. The highest BCUT2D eigenvalue weighted by Crippen LogP contribution is 2.29. The van der Waals surface area contributed by atoms with E-state index in [4.69, 9.17) is 5.73 Å². The third kappa shape index (κ3) is 2.99. The van der Waals surface area contributed by atoms with Gasteiger partial charge in [-0.25, -0.2) is 27.7 Å². The molecule has 0 amide bonds. The van der Waals surface area contributed by atoms with E-state index in [1.54, 1.807) is 6.92 Å². The van der Waals surface area contributed by atoms with Gasteiger partial charge in [-0.1, -0.05) is 30.3 Å². The minimum atomic E-state index is -1.30. The molecule has 2 aromatic heterocycles. The summed E-state index contributed by atoms with van der Waals surface area (Å²) in [5, 5.41) is 4.40. The minimum absolute atomic E-state index is 0.00654. The lowest BCUT2D eigenvalue weighted by Gasteiger charge is -2.10. The maximum atomic E-state index is 14.2. The van der Waals surface area contributed by atoms with E-state index in [-0.39, 0.29) is 17.1 Å². The van der Waals surface area contributed by atoms with Crippen molar-refractivity contribution in [1.29, 1.82) is 0 Å². The number of nitrogens with two attached hydrogens (primary N) is 1. The van der Waals surface area contributed by atoms with E-state index >= 15 is 0 Å². The molecule has 0 aliphatic carbocycles. The third-order valence-corrected chi connectivity index (χ3v) is 4.23. The van der Waals surface area contributed by atoms with E-state index < -0.39 is 17.5 Å². The first-order chi connectivity index (χ1) is 12.9. The Kier molecular flexibility index (Phi) is 4.02. The Morgan fingerprint density at radius 3 is 2.52 bits per heavy atom. The van der Waals surface area contributed by atoms with Crippen molar-refractivity contribution in [3.05, 3.63) is 77.0 Å². The molecule has 4 rings (SSSR count). The maximum absolute atomic E-state index is 14.2. The van der Waals surface area contributed by atoms with E-state index in [1.165, 1.54) is 4.52 Å². The average Bonchev–Trinajstić information content (AvgIpc) is 3.07. The van der Waals surface area contributed by atoms with Crippen molar-refractivity contribution in [2.45, 2.75) is 13.3 Å². The molecule has 0 spiro atoms. The highest BCUT2D eigenvalue weighted by Gasteiger charge is 2.20. The second-order valence-corrected chi connectivity index (χ2v) is 6.11. The zero-order valence-corrected chi connectivity index (χ0v) is 14.2. The van der Waals surface area contributed by atoms with Gasteiger partial charge in [0, 0.05) is 18.1 Å². The lowest BCUT2D eigenvalue weighted by atomic mass is 10.1. The predicted molar refractivity (Wildman–Crippen MR) is 94.5 cm³/mol. The summed E-state index contributed by atoms with van der Waals surface area (Å²) in [6.45, 7) is 1.61. The van der Waals surface area contributed by atoms with Gasteiger partial charge in [0.2, 0.25) is 0 Å². The second kappa shape index (κ2) is 6.39. The maximum Gasteiger partial charge on any atom is 0.198 e. The molecule has 0 unspecified atom stereocenters. The molecular weight excluding hydrogens is 355 g/mol. The van der Waals surface area contributed by atoms with E-state index in [9.17, 15) is 13.2 Å². The van der Waals surface area contributed by atoms with Crippen LogP contribution in [0.15, 0.2) is 42.5 Å². The minimum Gasteiger partial charge on any atom is -0.381 e. The molecule has 2 heterocycles.